The van der Waals surface area contributed by atoms with Crippen molar-refractivity contribution in [1.82, 2.24) is 5.32 Å². The number of halogens is 1. The first-order chi connectivity index (χ1) is 13.0. The lowest BCUT2D eigenvalue weighted by atomic mass is 10.1. The summed E-state index contributed by atoms with van der Waals surface area (Å²) in [5, 5.41) is 6.81. The van der Waals surface area contributed by atoms with E-state index < -0.39 is 0 Å². The first-order valence-electron chi connectivity index (χ1n) is 8.55. The van der Waals surface area contributed by atoms with Gasteiger partial charge in [-0.25, -0.2) is 9.18 Å². The predicted octanol–water partition coefficient (Wildman–Crippen LogP) is 4.53. The van der Waals surface area contributed by atoms with E-state index in [4.69, 9.17) is 17.0 Å². The van der Waals surface area contributed by atoms with Crippen molar-refractivity contribution in [2.75, 3.05) is 24.7 Å². The highest BCUT2D eigenvalue weighted by atomic mass is 32.2. The van der Waals surface area contributed by atoms with Gasteiger partial charge in [-0.15, -0.1) is 0 Å². The summed E-state index contributed by atoms with van der Waals surface area (Å²) >= 11 is 7.12. The maximum atomic E-state index is 12.9. The van der Waals surface area contributed by atoms with Gasteiger partial charge in [0.1, 0.15) is 5.82 Å². The molecule has 0 saturated carbocycles. The van der Waals surface area contributed by atoms with Crippen molar-refractivity contribution in [2.45, 2.75) is 19.1 Å². The summed E-state index contributed by atoms with van der Waals surface area (Å²) in [6.07, 6.45) is 0.953. The molecule has 4 nitrogen and oxygen atoms in total. The third-order valence-corrected chi connectivity index (χ3v) is 5.20. The highest BCUT2D eigenvalue weighted by Gasteiger charge is 2.08. The second-order valence-electron chi connectivity index (χ2n) is 5.93. The van der Waals surface area contributed by atoms with Crippen molar-refractivity contribution in [3.63, 3.8) is 0 Å². The minimum absolute atomic E-state index is 0.207. The fraction of sp³-hybridized carbons (Fsp3) is 0.300. The Morgan fingerprint density at radius 1 is 1.22 bits per heavy atom. The Kier molecular flexibility index (Phi) is 8.54. The van der Waals surface area contributed by atoms with Crippen LogP contribution in [0.4, 0.5) is 10.1 Å². The molecule has 2 aromatic rings. The molecule has 0 atom stereocenters. The number of hydrogen-bond acceptors (Lipinski definition) is 4. The molecule has 0 fully saturated rings. The molecule has 0 heterocycles. The van der Waals surface area contributed by atoms with E-state index >= 15 is 0 Å². The lowest BCUT2D eigenvalue weighted by Gasteiger charge is -2.13. The molecule has 27 heavy (non-hydrogen) atoms. The number of aryl methyl sites for hydroxylation is 1. The Morgan fingerprint density at radius 2 is 1.96 bits per heavy atom. The fourth-order valence-electron chi connectivity index (χ4n) is 2.31. The van der Waals surface area contributed by atoms with Gasteiger partial charge in [-0.05, 0) is 66.7 Å². The smallest absolute Gasteiger partial charge is 0.337 e. The van der Waals surface area contributed by atoms with Crippen molar-refractivity contribution < 1.29 is 13.9 Å². The van der Waals surface area contributed by atoms with Crippen LogP contribution in [0.3, 0.4) is 0 Å². The Hall–Kier alpha value is -2.12. The lowest BCUT2D eigenvalue weighted by molar-refractivity contribution is 0.0601. The first-order valence-corrected chi connectivity index (χ1v) is 10.1. The summed E-state index contributed by atoms with van der Waals surface area (Å²) in [7, 11) is 1.36. The second kappa shape index (κ2) is 10.9. The van der Waals surface area contributed by atoms with E-state index in [-0.39, 0.29) is 11.8 Å². The molecule has 0 aromatic heterocycles. The molecule has 0 aliphatic heterocycles. The number of carbonyl (C=O) groups excluding carboxylic acids is 1. The molecular weight excluding hydrogens is 383 g/mol. The zero-order valence-electron chi connectivity index (χ0n) is 15.4. The summed E-state index contributed by atoms with van der Waals surface area (Å²) in [5.74, 6) is 1.25. The molecule has 144 valence electrons. The van der Waals surface area contributed by atoms with Crippen molar-refractivity contribution in [3.8, 4) is 0 Å². The summed E-state index contributed by atoms with van der Waals surface area (Å²) in [6, 6.07) is 11.9. The minimum atomic E-state index is -0.380. The second-order valence-corrected chi connectivity index (χ2v) is 7.45. The molecule has 0 bridgehead atoms. The number of anilines is 1. The van der Waals surface area contributed by atoms with Crippen LogP contribution in [0, 0.1) is 12.7 Å². The van der Waals surface area contributed by atoms with E-state index in [1.807, 2.05) is 25.1 Å². The average Bonchev–Trinajstić information content (AvgIpc) is 2.67. The molecule has 7 heteroatoms. The first kappa shape index (κ1) is 21.2. The number of ether oxygens (including phenoxy) is 1. The monoisotopic (exact) mass is 406 g/mol. The van der Waals surface area contributed by atoms with Gasteiger partial charge in [0.25, 0.3) is 0 Å². The molecule has 0 aliphatic carbocycles. The van der Waals surface area contributed by atoms with Crippen LogP contribution in [0.2, 0.25) is 0 Å². The number of benzene rings is 2. The molecule has 0 amide bonds. The fourth-order valence-corrected chi connectivity index (χ4v) is 3.45. The Balaban J connectivity index is 1.69. The van der Waals surface area contributed by atoms with Gasteiger partial charge in [0.05, 0.1) is 12.7 Å². The minimum Gasteiger partial charge on any atom is -0.465 e. The topological polar surface area (TPSA) is 50.4 Å². The number of rotatable bonds is 8. The van der Waals surface area contributed by atoms with E-state index in [1.54, 1.807) is 23.9 Å². The van der Waals surface area contributed by atoms with Crippen LogP contribution in [0.25, 0.3) is 0 Å². The quantitative estimate of drug-likeness (QED) is 0.382. The zero-order chi connectivity index (χ0) is 19.6. The molecule has 0 radical (unpaired) electrons. The Labute approximate surface area is 168 Å². The maximum absolute atomic E-state index is 12.9. The van der Waals surface area contributed by atoms with Crippen molar-refractivity contribution in [2.24, 2.45) is 0 Å². The summed E-state index contributed by atoms with van der Waals surface area (Å²) < 4.78 is 17.6. The number of nitrogens with one attached hydrogen (secondary N) is 2. The normalized spacial score (nSPS) is 10.3. The van der Waals surface area contributed by atoms with Crippen LogP contribution in [0.5, 0.6) is 0 Å². The number of hydrogen-bond donors (Lipinski definition) is 2. The Bertz CT molecular complexity index is 782. The number of methoxy groups -OCH3 is 1. The average molecular weight is 407 g/mol. The van der Waals surface area contributed by atoms with E-state index in [1.165, 1.54) is 19.2 Å². The van der Waals surface area contributed by atoms with Gasteiger partial charge in [-0.2, -0.15) is 11.8 Å². The van der Waals surface area contributed by atoms with Gasteiger partial charge < -0.3 is 15.4 Å². The van der Waals surface area contributed by atoms with Crippen molar-refractivity contribution in [3.05, 3.63) is 65.0 Å². The molecule has 0 unspecified atom stereocenters. The van der Waals surface area contributed by atoms with Crippen LogP contribution in [-0.4, -0.2) is 30.5 Å². The largest absolute Gasteiger partial charge is 0.465 e. The van der Waals surface area contributed by atoms with Crippen LogP contribution < -0.4 is 10.6 Å². The molecule has 0 spiro atoms. The summed E-state index contributed by atoms with van der Waals surface area (Å²) in [5.41, 5.74) is 3.36. The van der Waals surface area contributed by atoms with E-state index in [0.29, 0.717) is 10.7 Å². The van der Waals surface area contributed by atoms with Gasteiger partial charge in [0.15, 0.2) is 5.11 Å². The highest BCUT2D eigenvalue weighted by molar-refractivity contribution is 7.98. The van der Waals surface area contributed by atoms with Crippen LogP contribution in [0.1, 0.15) is 27.9 Å². The van der Waals surface area contributed by atoms with Crippen LogP contribution in [0.15, 0.2) is 42.5 Å². The number of thiocarbonyl (C=S) groups is 1. The number of thioether (sulfide) groups is 1. The molecule has 2 N–H and O–H groups in total. The predicted molar refractivity (Wildman–Crippen MR) is 114 cm³/mol. The SMILES string of the molecule is COC(=O)c1ccc(C)c(NC(=S)NCCCSCc2ccc(F)cc2)c1. The molecule has 0 saturated heterocycles. The summed E-state index contributed by atoms with van der Waals surface area (Å²) in [6.45, 7) is 2.69. The maximum Gasteiger partial charge on any atom is 0.337 e. The van der Waals surface area contributed by atoms with Crippen LogP contribution >= 0.6 is 24.0 Å². The number of carbonyl (C=O) groups is 1. The van der Waals surface area contributed by atoms with Gasteiger partial charge >= 0.3 is 5.97 Å². The standard InChI is InChI=1S/C20H23FN2O2S2/c1-14-4-7-16(19(24)25-2)12-18(14)23-20(26)22-10-3-11-27-13-15-5-8-17(21)9-6-15/h4-9,12H,3,10-11,13H2,1-2H3,(H2,22,23,26). The molecule has 2 aromatic carbocycles. The van der Waals surface area contributed by atoms with Gasteiger partial charge in [-0.3, -0.25) is 0 Å². The Morgan fingerprint density at radius 3 is 2.67 bits per heavy atom. The summed E-state index contributed by atoms with van der Waals surface area (Å²) in [4.78, 5) is 11.6. The third kappa shape index (κ3) is 7.19. The molecule has 0 aliphatic rings. The van der Waals surface area contributed by atoms with E-state index in [2.05, 4.69) is 10.6 Å². The zero-order valence-corrected chi connectivity index (χ0v) is 17.0. The molecular formula is C20H23FN2O2S2. The third-order valence-electron chi connectivity index (χ3n) is 3.84. The molecule has 2 rings (SSSR count). The van der Waals surface area contributed by atoms with Crippen molar-refractivity contribution >= 4 is 40.7 Å². The van der Waals surface area contributed by atoms with Crippen molar-refractivity contribution in [1.29, 1.82) is 0 Å². The van der Waals surface area contributed by atoms with E-state index in [0.717, 1.165) is 41.3 Å². The highest BCUT2D eigenvalue weighted by Crippen LogP contribution is 2.17. The van der Waals surface area contributed by atoms with Gasteiger partial charge in [-0.1, -0.05) is 18.2 Å². The van der Waals surface area contributed by atoms with E-state index in [9.17, 15) is 9.18 Å². The lowest BCUT2D eigenvalue weighted by Crippen LogP contribution is -2.29. The van der Waals surface area contributed by atoms with Gasteiger partial charge in [0, 0.05) is 18.0 Å². The number of esters is 1. The van der Waals surface area contributed by atoms with Crippen LogP contribution in [-0.2, 0) is 10.5 Å². The van der Waals surface area contributed by atoms with Gasteiger partial charge in [0.2, 0.25) is 0 Å².